The van der Waals surface area contributed by atoms with Crippen LogP contribution >= 0.6 is 11.6 Å². The number of nitrogens with one attached hydrogen (secondary N) is 1. The lowest BCUT2D eigenvalue weighted by Crippen LogP contribution is -2.37. The van der Waals surface area contributed by atoms with Crippen LogP contribution in [0.15, 0.2) is 30.5 Å². The number of aromatic nitrogens is 1. The zero-order valence-corrected chi connectivity index (χ0v) is 12.3. The SMILES string of the molecule is CCC(COC)NC(=O)c1cnc(Cl)c2ccccc12. The first-order chi connectivity index (χ1) is 9.67. The molecule has 5 heteroatoms. The molecule has 1 aromatic heterocycles. The van der Waals surface area contributed by atoms with Gasteiger partial charge in [-0.2, -0.15) is 0 Å². The Balaban J connectivity index is 2.33. The molecule has 0 aliphatic carbocycles. The quantitative estimate of drug-likeness (QED) is 0.862. The Morgan fingerprint density at radius 1 is 1.40 bits per heavy atom. The lowest BCUT2D eigenvalue weighted by atomic mass is 10.1. The monoisotopic (exact) mass is 292 g/mol. The van der Waals surface area contributed by atoms with Gasteiger partial charge in [0.15, 0.2) is 0 Å². The Bertz CT molecular complexity index is 616. The second-order valence-electron chi connectivity index (χ2n) is 4.54. The number of carbonyl (C=O) groups is 1. The van der Waals surface area contributed by atoms with Gasteiger partial charge in [0.2, 0.25) is 0 Å². The third-order valence-electron chi connectivity index (χ3n) is 3.19. The Hall–Kier alpha value is -1.65. The summed E-state index contributed by atoms with van der Waals surface area (Å²) in [5, 5.41) is 4.93. The van der Waals surface area contributed by atoms with E-state index >= 15 is 0 Å². The first-order valence-corrected chi connectivity index (χ1v) is 6.88. The van der Waals surface area contributed by atoms with Gasteiger partial charge >= 0.3 is 0 Å². The first-order valence-electron chi connectivity index (χ1n) is 6.50. The second kappa shape index (κ2) is 6.68. The maximum atomic E-state index is 12.4. The molecule has 1 aromatic carbocycles. The minimum atomic E-state index is -0.158. The van der Waals surface area contributed by atoms with E-state index in [9.17, 15) is 4.79 Å². The van der Waals surface area contributed by atoms with E-state index in [0.29, 0.717) is 17.3 Å². The summed E-state index contributed by atoms with van der Waals surface area (Å²) in [6.07, 6.45) is 2.32. The van der Waals surface area contributed by atoms with Gasteiger partial charge < -0.3 is 10.1 Å². The molecule has 1 unspecified atom stereocenters. The summed E-state index contributed by atoms with van der Waals surface area (Å²) in [4.78, 5) is 16.4. The third kappa shape index (κ3) is 3.08. The number of hydrogen-bond donors (Lipinski definition) is 1. The van der Waals surface area contributed by atoms with Crippen molar-refractivity contribution in [3.8, 4) is 0 Å². The van der Waals surface area contributed by atoms with Gasteiger partial charge in [0.05, 0.1) is 18.2 Å². The van der Waals surface area contributed by atoms with Gasteiger partial charge in [0, 0.05) is 18.7 Å². The van der Waals surface area contributed by atoms with Crippen molar-refractivity contribution in [2.24, 2.45) is 0 Å². The van der Waals surface area contributed by atoms with Crippen LogP contribution in [-0.4, -0.2) is 30.6 Å². The number of rotatable bonds is 5. The fraction of sp³-hybridized carbons (Fsp3) is 0.333. The van der Waals surface area contributed by atoms with E-state index in [1.807, 2.05) is 31.2 Å². The standard InChI is InChI=1S/C15H17ClN2O2/c1-3-10(9-20-2)18-15(19)13-8-17-14(16)12-7-5-4-6-11(12)13/h4-8,10H,3,9H2,1-2H3,(H,18,19). The van der Waals surface area contributed by atoms with Gasteiger partial charge in [0.1, 0.15) is 5.15 Å². The number of methoxy groups -OCH3 is 1. The highest BCUT2D eigenvalue weighted by molar-refractivity contribution is 6.34. The van der Waals surface area contributed by atoms with E-state index in [1.165, 1.54) is 6.20 Å². The van der Waals surface area contributed by atoms with Crippen LogP contribution < -0.4 is 5.32 Å². The Morgan fingerprint density at radius 2 is 2.10 bits per heavy atom. The molecule has 0 spiro atoms. The largest absolute Gasteiger partial charge is 0.383 e. The fourth-order valence-corrected chi connectivity index (χ4v) is 2.28. The van der Waals surface area contributed by atoms with Crippen LogP contribution in [0, 0.1) is 0 Å². The predicted octanol–water partition coefficient (Wildman–Crippen LogP) is 3.04. The number of hydrogen-bond acceptors (Lipinski definition) is 3. The van der Waals surface area contributed by atoms with Crippen molar-refractivity contribution in [3.63, 3.8) is 0 Å². The number of nitrogens with zero attached hydrogens (tertiary/aromatic N) is 1. The van der Waals surface area contributed by atoms with E-state index in [1.54, 1.807) is 7.11 Å². The van der Waals surface area contributed by atoms with Crippen molar-refractivity contribution in [3.05, 3.63) is 41.2 Å². The van der Waals surface area contributed by atoms with Crippen LogP contribution in [0.25, 0.3) is 10.8 Å². The van der Waals surface area contributed by atoms with Gasteiger partial charge in [-0.25, -0.2) is 4.98 Å². The summed E-state index contributed by atoms with van der Waals surface area (Å²) in [6, 6.07) is 7.46. The zero-order chi connectivity index (χ0) is 14.5. The molecule has 1 N–H and O–H groups in total. The van der Waals surface area contributed by atoms with E-state index in [0.717, 1.165) is 17.2 Å². The molecule has 106 valence electrons. The smallest absolute Gasteiger partial charge is 0.253 e. The number of halogens is 1. The van der Waals surface area contributed by atoms with Gasteiger partial charge in [-0.05, 0) is 11.8 Å². The summed E-state index contributed by atoms with van der Waals surface area (Å²) < 4.78 is 5.09. The van der Waals surface area contributed by atoms with Gasteiger partial charge in [-0.1, -0.05) is 42.8 Å². The van der Waals surface area contributed by atoms with E-state index in [2.05, 4.69) is 10.3 Å². The lowest BCUT2D eigenvalue weighted by molar-refractivity contribution is 0.0896. The number of pyridine rings is 1. The first kappa shape index (κ1) is 14.8. The zero-order valence-electron chi connectivity index (χ0n) is 11.5. The van der Waals surface area contributed by atoms with Crippen LogP contribution in [-0.2, 0) is 4.74 Å². The maximum Gasteiger partial charge on any atom is 0.253 e. The summed E-state index contributed by atoms with van der Waals surface area (Å²) in [5.41, 5.74) is 0.527. The normalized spacial score (nSPS) is 12.3. The molecule has 4 nitrogen and oxygen atoms in total. The van der Waals surface area contributed by atoms with Crippen molar-refractivity contribution in [2.75, 3.05) is 13.7 Å². The van der Waals surface area contributed by atoms with Crippen molar-refractivity contribution in [1.82, 2.24) is 10.3 Å². The molecule has 2 aromatic rings. The molecule has 20 heavy (non-hydrogen) atoms. The van der Waals surface area contributed by atoms with E-state index in [-0.39, 0.29) is 11.9 Å². The molecule has 0 bridgehead atoms. The number of carbonyl (C=O) groups excluding carboxylic acids is 1. The predicted molar refractivity (Wildman–Crippen MR) is 80.2 cm³/mol. The molecule has 0 saturated heterocycles. The van der Waals surface area contributed by atoms with Gasteiger partial charge in [0.25, 0.3) is 5.91 Å². The average molecular weight is 293 g/mol. The Morgan fingerprint density at radius 3 is 2.75 bits per heavy atom. The molecular formula is C15H17ClN2O2. The number of benzene rings is 1. The van der Waals surface area contributed by atoms with Crippen LogP contribution in [0.2, 0.25) is 5.15 Å². The summed E-state index contributed by atoms with van der Waals surface area (Å²) in [6.45, 7) is 2.49. The van der Waals surface area contributed by atoms with Crippen molar-refractivity contribution in [2.45, 2.75) is 19.4 Å². The maximum absolute atomic E-state index is 12.4. The second-order valence-corrected chi connectivity index (χ2v) is 4.90. The molecule has 0 aliphatic heterocycles. The molecule has 2 rings (SSSR count). The van der Waals surface area contributed by atoms with Gasteiger partial charge in [-0.15, -0.1) is 0 Å². The van der Waals surface area contributed by atoms with Crippen LogP contribution in [0.3, 0.4) is 0 Å². The third-order valence-corrected chi connectivity index (χ3v) is 3.49. The molecule has 0 aliphatic rings. The number of amides is 1. The Kier molecular flexibility index (Phi) is 4.93. The average Bonchev–Trinajstić information content (AvgIpc) is 2.47. The van der Waals surface area contributed by atoms with E-state index in [4.69, 9.17) is 16.3 Å². The summed E-state index contributed by atoms with van der Waals surface area (Å²) in [5.74, 6) is -0.158. The van der Waals surface area contributed by atoms with Crippen LogP contribution in [0.1, 0.15) is 23.7 Å². The lowest BCUT2D eigenvalue weighted by Gasteiger charge is -2.16. The number of ether oxygens (including phenoxy) is 1. The highest BCUT2D eigenvalue weighted by Gasteiger charge is 2.16. The topological polar surface area (TPSA) is 51.2 Å². The van der Waals surface area contributed by atoms with Crippen LogP contribution in [0.5, 0.6) is 0 Å². The molecule has 0 saturated carbocycles. The molecule has 0 radical (unpaired) electrons. The number of fused-ring (bicyclic) bond motifs is 1. The fourth-order valence-electron chi connectivity index (χ4n) is 2.07. The van der Waals surface area contributed by atoms with E-state index < -0.39 is 0 Å². The van der Waals surface area contributed by atoms with Gasteiger partial charge in [-0.3, -0.25) is 4.79 Å². The molecule has 1 amide bonds. The Labute approximate surface area is 123 Å². The minimum absolute atomic E-state index is 0.0121. The van der Waals surface area contributed by atoms with Crippen LogP contribution in [0.4, 0.5) is 0 Å². The molecule has 1 heterocycles. The highest BCUT2D eigenvalue weighted by atomic mass is 35.5. The molecular weight excluding hydrogens is 276 g/mol. The highest BCUT2D eigenvalue weighted by Crippen LogP contribution is 2.24. The van der Waals surface area contributed by atoms with Crippen molar-refractivity contribution >= 4 is 28.3 Å². The molecule has 0 fully saturated rings. The summed E-state index contributed by atoms with van der Waals surface area (Å²) in [7, 11) is 1.62. The van der Waals surface area contributed by atoms with Crippen molar-refractivity contribution < 1.29 is 9.53 Å². The van der Waals surface area contributed by atoms with Crippen molar-refractivity contribution in [1.29, 1.82) is 0 Å². The molecule has 1 atom stereocenters. The minimum Gasteiger partial charge on any atom is -0.383 e. The summed E-state index contributed by atoms with van der Waals surface area (Å²) >= 11 is 6.05.